The first kappa shape index (κ1) is 17.6. The Labute approximate surface area is 114 Å². The largest absolute Gasteiger partial charge is 0.466 e. The molecule has 0 saturated heterocycles. The number of esters is 1. The molecule has 6 heteroatoms. The van der Waals surface area contributed by atoms with Crippen molar-refractivity contribution >= 4 is 17.7 Å². The number of hydrogen-bond donors (Lipinski definition) is 1. The number of ether oxygens (including phenoxy) is 1. The highest BCUT2D eigenvalue weighted by atomic mass is 16.5. The summed E-state index contributed by atoms with van der Waals surface area (Å²) in [6, 6.07) is 0. The van der Waals surface area contributed by atoms with Gasteiger partial charge < -0.3 is 10.5 Å². The zero-order valence-electron chi connectivity index (χ0n) is 11.8. The lowest BCUT2D eigenvalue weighted by Gasteiger charge is -2.19. The molecule has 0 radical (unpaired) electrons. The Hall–Kier alpha value is -1.43. The minimum absolute atomic E-state index is 0.0746. The van der Waals surface area contributed by atoms with Gasteiger partial charge in [-0.2, -0.15) is 0 Å². The maximum absolute atomic E-state index is 11.7. The summed E-state index contributed by atoms with van der Waals surface area (Å²) in [6.45, 7) is 4.96. The van der Waals surface area contributed by atoms with Gasteiger partial charge in [0.05, 0.1) is 26.1 Å². The van der Waals surface area contributed by atoms with E-state index in [-0.39, 0.29) is 37.7 Å². The highest BCUT2D eigenvalue weighted by Gasteiger charge is 2.14. The fraction of sp³-hybridized carbons (Fsp3) is 0.769. The van der Waals surface area contributed by atoms with Crippen molar-refractivity contribution in [2.45, 2.75) is 39.5 Å². The summed E-state index contributed by atoms with van der Waals surface area (Å²) in [5.74, 6) is -0.898. The second-order valence-electron chi connectivity index (χ2n) is 4.37. The van der Waals surface area contributed by atoms with E-state index in [1.807, 2.05) is 6.92 Å². The predicted octanol–water partition coefficient (Wildman–Crippen LogP) is 0.486. The van der Waals surface area contributed by atoms with Crippen LogP contribution in [0.5, 0.6) is 0 Å². The summed E-state index contributed by atoms with van der Waals surface area (Å²) in [5, 5.41) is 0. The number of nitrogens with zero attached hydrogens (tertiary/aromatic N) is 1. The number of carbonyl (C=O) groups excluding carboxylic acids is 3. The lowest BCUT2D eigenvalue weighted by atomic mass is 10.2. The number of carbonyl (C=O) groups is 3. The Bertz CT molecular complexity index is 305. The van der Waals surface area contributed by atoms with E-state index in [1.54, 1.807) is 11.8 Å². The monoisotopic (exact) mass is 272 g/mol. The second kappa shape index (κ2) is 10.5. The number of ketones is 1. The molecule has 0 bridgehead atoms. The Morgan fingerprint density at radius 2 is 1.79 bits per heavy atom. The number of rotatable bonds is 11. The molecule has 1 amide bonds. The van der Waals surface area contributed by atoms with Gasteiger partial charge in [-0.1, -0.05) is 13.3 Å². The van der Waals surface area contributed by atoms with Gasteiger partial charge in [-0.15, -0.1) is 0 Å². The SMILES string of the molecule is CCCCN(CC(N)=O)CC(=O)CCC(=O)OCC. The number of primary amides is 1. The van der Waals surface area contributed by atoms with E-state index in [1.165, 1.54) is 0 Å². The van der Waals surface area contributed by atoms with Crippen molar-refractivity contribution in [1.82, 2.24) is 4.90 Å². The smallest absolute Gasteiger partial charge is 0.306 e. The van der Waals surface area contributed by atoms with Crippen molar-refractivity contribution in [3.05, 3.63) is 0 Å². The Morgan fingerprint density at radius 1 is 1.11 bits per heavy atom. The van der Waals surface area contributed by atoms with E-state index in [0.717, 1.165) is 12.8 Å². The molecule has 0 aromatic rings. The third kappa shape index (κ3) is 10.2. The molecule has 110 valence electrons. The summed E-state index contributed by atoms with van der Waals surface area (Å²) in [5.41, 5.74) is 5.14. The van der Waals surface area contributed by atoms with Gasteiger partial charge in [-0.05, 0) is 19.9 Å². The molecule has 0 heterocycles. The lowest BCUT2D eigenvalue weighted by Crippen LogP contribution is -2.38. The van der Waals surface area contributed by atoms with E-state index in [0.29, 0.717) is 13.2 Å². The molecule has 0 aliphatic heterocycles. The summed E-state index contributed by atoms with van der Waals surface area (Å²) >= 11 is 0. The topological polar surface area (TPSA) is 89.7 Å². The summed E-state index contributed by atoms with van der Waals surface area (Å²) in [7, 11) is 0. The van der Waals surface area contributed by atoms with Crippen LogP contribution in [0.15, 0.2) is 0 Å². The van der Waals surface area contributed by atoms with Crippen LogP contribution in [-0.2, 0) is 19.1 Å². The average molecular weight is 272 g/mol. The Kier molecular flexibility index (Phi) is 9.70. The Balaban J connectivity index is 4.07. The van der Waals surface area contributed by atoms with Crippen LogP contribution in [0.4, 0.5) is 0 Å². The third-order valence-electron chi connectivity index (χ3n) is 2.52. The highest BCUT2D eigenvalue weighted by Crippen LogP contribution is 2.00. The zero-order chi connectivity index (χ0) is 14.7. The van der Waals surface area contributed by atoms with E-state index in [2.05, 4.69) is 0 Å². The van der Waals surface area contributed by atoms with Gasteiger partial charge in [0, 0.05) is 6.42 Å². The van der Waals surface area contributed by atoms with E-state index >= 15 is 0 Å². The highest BCUT2D eigenvalue weighted by molar-refractivity contribution is 5.85. The molecule has 0 fully saturated rings. The molecule has 19 heavy (non-hydrogen) atoms. The zero-order valence-corrected chi connectivity index (χ0v) is 11.8. The van der Waals surface area contributed by atoms with Crippen LogP contribution in [0.25, 0.3) is 0 Å². The molecule has 0 atom stereocenters. The molecule has 0 rings (SSSR count). The lowest BCUT2D eigenvalue weighted by molar-refractivity contribution is -0.144. The first-order chi connectivity index (χ1) is 8.99. The van der Waals surface area contributed by atoms with Crippen LogP contribution in [0, 0.1) is 0 Å². The van der Waals surface area contributed by atoms with Crippen molar-refractivity contribution in [3.8, 4) is 0 Å². The van der Waals surface area contributed by atoms with Crippen molar-refractivity contribution in [1.29, 1.82) is 0 Å². The third-order valence-corrected chi connectivity index (χ3v) is 2.52. The number of unbranched alkanes of at least 4 members (excludes halogenated alkanes) is 1. The molecular weight excluding hydrogens is 248 g/mol. The van der Waals surface area contributed by atoms with E-state index in [9.17, 15) is 14.4 Å². The van der Waals surface area contributed by atoms with Crippen molar-refractivity contribution in [3.63, 3.8) is 0 Å². The maximum Gasteiger partial charge on any atom is 0.306 e. The molecule has 0 aliphatic rings. The van der Waals surface area contributed by atoms with Crippen LogP contribution in [-0.4, -0.2) is 48.8 Å². The second-order valence-corrected chi connectivity index (χ2v) is 4.37. The molecule has 2 N–H and O–H groups in total. The molecule has 0 aliphatic carbocycles. The number of Topliss-reactive ketones (excluding diaryl/α,β-unsaturated/α-hetero) is 1. The van der Waals surface area contributed by atoms with Crippen LogP contribution in [0.1, 0.15) is 39.5 Å². The van der Waals surface area contributed by atoms with Crippen LogP contribution in [0.3, 0.4) is 0 Å². The van der Waals surface area contributed by atoms with Gasteiger partial charge in [-0.25, -0.2) is 0 Å². The summed E-state index contributed by atoms with van der Waals surface area (Å²) < 4.78 is 4.75. The molecule has 0 saturated carbocycles. The quantitative estimate of drug-likeness (QED) is 0.553. The Morgan fingerprint density at radius 3 is 2.32 bits per heavy atom. The van der Waals surface area contributed by atoms with Crippen LogP contribution >= 0.6 is 0 Å². The van der Waals surface area contributed by atoms with Gasteiger partial charge in [0.1, 0.15) is 5.78 Å². The molecule has 0 spiro atoms. The molecule has 0 aromatic carbocycles. The fourth-order valence-corrected chi connectivity index (χ4v) is 1.62. The molecule has 6 nitrogen and oxygen atoms in total. The predicted molar refractivity (Wildman–Crippen MR) is 71.4 cm³/mol. The number of hydrogen-bond acceptors (Lipinski definition) is 5. The normalized spacial score (nSPS) is 10.5. The van der Waals surface area contributed by atoms with Crippen molar-refractivity contribution in [2.24, 2.45) is 5.73 Å². The number of amides is 1. The summed E-state index contributed by atoms with van der Waals surface area (Å²) in [6.07, 6.45) is 2.11. The maximum atomic E-state index is 11.7. The van der Waals surface area contributed by atoms with Gasteiger partial charge in [0.2, 0.25) is 5.91 Å². The standard InChI is InChI=1S/C13H24N2O4/c1-3-5-8-15(10-12(14)17)9-11(16)6-7-13(18)19-4-2/h3-10H2,1-2H3,(H2,14,17). The van der Waals surface area contributed by atoms with E-state index in [4.69, 9.17) is 10.5 Å². The van der Waals surface area contributed by atoms with Crippen molar-refractivity contribution < 1.29 is 19.1 Å². The van der Waals surface area contributed by atoms with Gasteiger partial charge in [0.15, 0.2) is 0 Å². The molecule has 0 aromatic heterocycles. The summed E-state index contributed by atoms with van der Waals surface area (Å²) in [4.78, 5) is 35.4. The van der Waals surface area contributed by atoms with Crippen LogP contribution in [0.2, 0.25) is 0 Å². The van der Waals surface area contributed by atoms with Gasteiger partial charge >= 0.3 is 5.97 Å². The van der Waals surface area contributed by atoms with Crippen molar-refractivity contribution in [2.75, 3.05) is 26.2 Å². The average Bonchev–Trinajstić information content (AvgIpc) is 2.33. The first-order valence-corrected chi connectivity index (χ1v) is 6.67. The fourth-order valence-electron chi connectivity index (χ4n) is 1.62. The van der Waals surface area contributed by atoms with Gasteiger partial charge in [-0.3, -0.25) is 19.3 Å². The number of nitrogens with two attached hydrogens (primary N) is 1. The minimum Gasteiger partial charge on any atom is -0.466 e. The minimum atomic E-state index is -0.450. The van der Waals surface area contributed by atoms with Crippen LogP contribution < -0.4 is 5.73 Å². The van der Waals surface area contributed by atoms with E-state index < -0.39 is 5.91 Å². The molecular formula is C13H24N2O4. The first-order valence-electron chi connectivity index (χ1n) is 6.67. The molecule has 0 unspecified atom stereocenters. The van der Waals surface area contributed by atoms with Gasteiger partial charge in [0.25, 0.3) is 0 Å².